The van der Waals surface area contributed by atoms with Crippen molar-refractivity contribution < 1.29 is 4.21 Å². The van der Waals surface area contributed by atoms with E-state index in [0.29, 0.717) is 6.04 Å². The van der Waals surface area contributed by atoms with Crippen LogP contribution in [0.1, 0.15) is 18.4 Å². The summed E-state index contributed by atoms with van der Waals surface area (Å²) >= 11 is 0. The number of hydrogen-bond donors (Lipinski definition) is 1. The molecular formula is C12H16N4OS. The predicted molar refractivity (Wildman–Crippen MR) is 72.2 cm³/mol. The highest BCUT2D eigenvalue weighted by Crippen LogP contribution is 2.18. The summed E-state index contributed by atoms with van der Waals surface area (Å²) < 4.78 is 13.2. The zero-order chi connectivity index (χ0) is 12.5. The number of aromatic nitrogens is 3. The Balaban J connectivity index is 1.85. The lowest BCUT2D eigenvalue weighted by Crippen LogP contribution is -2.30. The molecule has 3 heterocycles. The zero-order valence-electron chi connectivity index (χ0n) is 10.3. The van der Waals surface area contributed by atoms with Crippen molar-refractivity contribution in [3.05, 3.63) is 24.0 Å². The van der Waals surface area contributed by atoms with Crippen LogP contribution >= 0.6 is 0 Å². The Morgan fingerprint density at radius 2 is 2.17 bits per heavy atom. The van der Waals surface area contributed by atoms with Gasteiger partial charge in [0.2, 0.25) is 0 Å². The second-order valence-corrected chi connectivity index (χ2v) is 6.41. The SMILES string of the molecule is Cc1cc(NC2CCS(=O)CC2)n2ncnc2c1. The van der Waals surface area contributed by atoms with Crippen molar-refractivity contribution in [2.45, 2.75) is 25.8 Å². The third kappa shape index (κ3) is 2.25. The molecule has 1 aliphatic heterocycles. The van der Waals surface area contributed by atoms with Gasteiger partial charge >= 0.3 is 0 Å². The molecule has 1 saturated heterocycles. The standard InChI is InChI=1S/C12H16N4OS/c1-9-6-11-13-8-14-16(11)12(7-9)15-10-2-4-18(17)5-3-10/h6-8,10,15H,2-5H2,1H3. The van der Waals surface area contributed by atoms with Crippen LogP contribution in [0.4, 0.5) is 5.82 Å². The normalized spacial score (nSPS) is 24.3. The summed E-state index contributed by atoms with van der Waals surface area (Å²) in [4.78, 5) is 4.21. The van der Waals surface area contributed by atoms with E-state index in [9.17, 15) is 4.21 Å². The molecule has 0 radical (unpaired) electrons. The first-order valence-electron chi connectivity index (χ1n) is 6.14. The van der Waals surface area contributed by atoms with Crippen LogP contribution in [0.25, 0.3) is 5.65 Å². The summed E-state index contributed by atoms with van der Waals surface area (Å²) in [6.45, 7) is 2.05. The van der Waals surface area contributed by atoms with Crippen LogP contribution in [0, 0.1) is 6.92 Å². The van der Waals surface area contributed by atoms with Gasteiger partial charge < -0.3 is 5.32 Å². The third-order valence-corrected chi connectivity index (χ3v) is 4.65. The summed E-state index contributed by atoms with van der Waals surface area (Å²) in [7, 11) is -0.617. The number of hydrogen-bond acceptors (Lipinski definition) is 4. The molecule has 18 heavy (non-hydrogen) atoms. The van der Waals surface area contributed by atoms with Gasteiger partial charge in [0.25, 0.3) is 0 Å². The summed E-state index contributed by atoms with van der Waals surface area (Å²) in [6, 6.07) is 4.47. The average molecular weight is 264 g/mol. The minimum atomic E-state index is -0.617. The minimum absolute atomic E-state index is 0.386. The molecule has 2 aromatic rings. The van der Waals surface area contributed by atoms with Gasteiger partial charge in [0, 0.05) is 28.3 Å². The van der Waals surface area contributed by atoms with E-state index < -0.39 is 10.8 Å². The molecule has 1 fully saturated rings. The molecule has 6 heteroatoms. The highest BCUT2D eigenvalue weighted by atomic mass is 32.2. The maximum atomic E-state index is 11.3. The third-order valence-electron chi connectivity index (χ3n) is 3.26. The van der Waals surface area contributed by atoms with Crippen molar-refractivity contribution in [3.8, 4) is 0 Å². The van der Waals surface area contributed by atoms with Gasteiger partial charge in [-0.15, -0.1) is 0 Å². The molecule has 0 saturated carbocycles. The molecule has 0 aromatic carbocycles. The fourth-order valence-electron chi connectivity index (χ4n) is 2.31. The number of pyridine rings is 1. The van der Waals surface area contributed by atoms with Crippen molar-refractivity contribution >= 4 is 22.3 Å². The Labute approximate surface area is 108 Å². The topological polar surface area (TPSA) is 59.3 Å². The molecular weight excluding hydrogens is 248 g/mol. The summed E-state index contributed by atoms with van der Waals surface area (Å²) in [5, 5.41) is 7.72. The molecule has 5 nitrogen and oxygen atoms in total. The van der Waals surface area contributed by atoms with Gasteiger partial charge in [-0.1, -0.05) is 0 Å². The summed E-state index contributed by atoms with van der Waals surface area (Å²) in [5.41, 5.74) is 2.02. The summed E-state index contributed by atoms with van der Waals surface area (Å²) in [5.74, 6) is 2.56. The molecule has 1 aliphatic rings. The fourth-order valence-corrected chi connectivity index (χ4v) is 3.61. The van der Waals surface area contributed by atoms with Gasteiger partial charge in [-0.2, -0.15) is 9.61 Å². The predicted octanol–water partition coefficient (Wildman–Crippen LogP) is 1.36. The number of fused-ring (bicyclic) bond motifs is 1. The minimum Gasteiger partial charge on any atom is -0.367 e. The number of anilines is 1. The second-order valence-electron chi connectivity index (χ2n) is 4.71. The van der Waals surface area contributed by atoms with Crippen LogP contribution in [0.2, 0.25) is 0 Å². The first-order chi connectivity index (χ1) is 8.72. The van der Waals surface area contributed by atoms with E-state index in [2.05, 4.69) is 28.4 Å². The van der Waals surface area contributed by atoms with E-state index in [1.54, 1.807) is 6.33 Å². The maximum Gasteiger partial charge on any atom is 0.157 e. The van der Waals surface area contributed by atoms with Gasteiger partial charge in [-0.25, -0.2) is 4.98 Å². The molecule has 1 N–H and O–H groups in total. The van der Waals surface area contributed by atoms with E-state index in [4.69, 9.17) is 0 Å². The lowest BCUT2D eigenvalue weighted by atomic mass is 10.1. The number of nitrogens with zero attached hydrogens (tertiary/aromatic N) is 3. The van der Waals surface area contributed by atoms with Crippen molar-refractivity contribution in [2.75, 3.05) is 16.8 Å². The average Bonchev–Trinajstić information content (AvgIpc) is 2.80. The largest absolute Gasteiger partial charge is 0.367 e. The first-order valence-corrected chi connectivity index (χ1v) is 7.63. The van der Waals surface area contributed by atoms with E-state index in [1.165, 1.54) is 0 Å². The van der Waals surface area contributed by atoms with E-state index in [1.807, 2.05) is 10.6 Å². The lowest BCUT2D eigenvalue weighted by Gasteiger charge is -2.23. The lowest BCUT2D eigenvalue weighted by molar-refractivity contribution is 0.620. The van der Waals surface area contributed by atoms with Crippen LogP contribution in [-0.2, 0) is 10.8 Å². The highest BCUT2D eigenvalue weighted by Gasteiger charge is 2.18. The first kappa shape index (κ1) is 11.6. The van der Waals surface area contributed by atoms with Crippen LogP contribution in [0.3, 0.4) is 0 Å². The van der Waals surface area contributed by atoms with Gasteiger partial charge in [0.15, 0.2) is 5.65 Å². The summed E-state index contributed by atoms with van der Waals surface area (Å²) in [6.07, 6.45) is 3.48. The zero-order valence-corrected chi connectivity index (χ0v) is 11.1. The van der Waals surface area contributed by atoms with Gasteiger partial charge in [0.1, 0.15) is 12.1 Å². The number of nitrogens with one attached hydrogen (secondary N) is 1. The highest BCUT2D eigenvalue weighted by molar-refractivity contribution is 7.85. The number of rotatable bonds is 2. The molecule has 0 aliphatic carbocycles. The van der Waals surface area contributed by atoms with Crippen molar-refractivity contribution in [1.82, 2.24) is 14.6 Å². The van der Waals surface area contributed by atoms with Gasteiger partial charge in [-0.05, 0) is 37.5 Å². The molecule has 2 aromatic heterocycles. The van der Waals surface area contributed by atoms with Crippen LogP contribution < -0.4 is 5.32 Å². The molecule has 0 bridgehead atoms. The molecule has 0 atom stereocenters. The second kappa shape index (κ2) is 4.68. The Morgan fingerprint density at radius 3 is 2.94 bits per heavy atom. The smallest absolute Gasteiger partial charge is 0.157 e. The van der Waals surface area contributed by atoms with Crippen LogP contribution in [-0.4, -0.2) is 36.4 Å². The fraction of sp³-hybridized carbons (Fsp3) is 0.500. The quantitative estimate of drug-likeness (QED) is 0.890. The van der Waals surface area contributed by atoms with Crippen LogP contribution in [0.15, 0.2) is 18.5 Å². The Kier molecular flexibility index (Phi) is 3.03. The Hall–Kier alpha value is -1.43. The Morgan fingerprint density at radius 1 is 1.39 bits per heavy atom. The molecule has 0 amide bonds. The number of aryl methyl sites for hydroxylation is 1. The van der Waals surface area contributed by atoms with Crippen molar-refractivity contribution in [2.24, 2.45) is 0 Å². The van der Waals surface area contributed by atoms with E-state index >= 15 is 0 Å². The van der Waals surface area contributed by atoms with Gasteiger partial charge in [0.05, 0.1) is 0 Å². The maximum absolute atomic E-state index is 11.3. The molecule has 96 valence electrons. The Bertz CT molecular complexity index is 585. The monoisotopic (exact) mass is 264 g/mol. The van der Waals surface area contributed by atoms with Crippen molar-refractivity contribution in [3.63, 3.8) is 0 Å². The molecule has 0 spiro atoms. The molecule has 3 rings (SSSR count). The van der Waals surface area contributed by atoms with E-state index in [0.717, 1.165) is 41.4 Å². The molecule has 0 unspecified atom stereocenters. The van der Waals surface area contributed by atoms with Crippen LogP contribution in [0.5, 0.6) is 0 Å². The van der Waals surface area contributed by atoms with Crippen molar-refractivity contribution in [1.29, 1.82) is 0 Å². The van der Waals surface area contributed by atoms with Gasteiger partial charge in [-0.3, -0.25) is 4.21 Å². The van der Waals surface area contributed by atoms with E-state index in [-0.39, 0.29) is 0 Å².